The molecule has 1 aromatic heterocycles. The van der Waals surface area contributed by atoms with Crippen LogP contribution in [0.5, 0.6) is 0 Å². The number of nitrogens with one attached hydrogen (secondary N) is 1. The van der Waals surface area contributed by atoms with Crippen LogP contribution in [0.2, 0.25) is 0 Å². The van der Waals surface area contributed by atoms with E-state index >= 15 is 0 Å². The Kier molecular flexibility index (Phi) is 4.77. The Labute approximate surface area is 158 Å². The molecule has 134 valence electrons. The largest absolute Gasteiger partial charge is 0.356 e. The van der Waals surface area contributed by atoms with Crippen molar-refractivity contribution in [2.75, 3.05) is 18.6 Å². The predicted molar refractivity (Wildman–Crippen MR) is 110 cm³/mol. The first kappa shape index (κ1) is 17.2. The summed E-state index contributed by atoms with van der Waals surface area (Å²) < 4.78 is 0. The number of hydrogen-bond acceptors (Lipinski definition) is 2. The molecule has 0 fully saturated rings. The van der Waals surface area contributed by atoms with Crippen LogP contribution in [0.1, 0.15) is 35.3 Å². The van der Waals surface area contributed by atoms with Crippen molar-refractivity contribution in [1.29, 1.82) is 0 Å². The number of aryl methyl sites for hydroxylation is 1. The third-order valence-corrected chi connectivity index (χ3v) is 5.86. The number of fused-ring (bicyclic) bond motifs is 3. The Bertz CT molecular complexity index is 929. The van der Waals surface area contributed by atoms with Gasteiger partial charge in [-0.3, -0.25) is 4.79 Å². The number of amides is 1. The molecule has 1 N–H and O–H groups in total. The van der Waals surface area contributed by atoms with Crippen LogP contribution in [0, 0.1) is 0 Å². The highest BCUT2D eigenvalue weighted by molar-refractivity contribution is 7.99. The number of H-pyrrole nitrogens is 1. The van der Waals surface area contributed by atoms with E-state index in [9.17, 15) is 4.79 Å². The van der Waals surface area contributed by atoms with Crippen molar-refractivity contribution >= 4 is 28.6 Å². The molecule has 1 aliphatic rings. The molecular weight excluding hydrogens is 340 g/mol. The monoisotopic (exact) mass is 364 g/mol. The van der Waals surface area contributed by atoms with Gasteiger partial charge in [0.1, 0.15) is 0 Å². The van der Waals surface area contributed by atoms with E-state index in [0.717, 1.165) is 24.9 Å². The molecule has 26 heavy (non-hydrogen) atoms. The molecule has 0 spiro atoms. The molecule has 3 nitrogen and oxygen atoms in total. The van der Waals surface area contributed by atoms with E-state index in [1.807, 2.05) is 6.26 Å². The summed E-state index contributed by atoms with van der Waals surface area (Å²) in [4.78, 5) is 18.5. The zero-order chi connectivity index (χ0) is 18.1. The van der Waals surface area contributed by atoms with Gasteiger partial charge in [0.05, 0.1) is 11.8 Å². The molecule has 0 saturated carbocycles. The summed E-state index contributed by atoms with van der Waals surface area (Å²) in [5, 5.41) is 1.29. The van der Waals surface area contributed by atoms with E-state index in [2.05, 4.69) is 65.3 Å². The van der Waals surface area contributed by atoms with Crippen molar-refractivity contribution in [3.05, 3.63) is 70.9 Å². The van der Waals surface area contributed by atoms with Gasteiger partial charge in [-0.25, -0.2) is 0 Å². The van der Waals surface area contributed by atoms with Crippen LogP contribution in [0.15, 0.2) is 48.5 Å². The number of rotatable bonds is 4. The Hall–Kier alpha value is -2.20. The molecule has 1 unspecified atom stereocenters. The summed E-state index contributed by atoms with van der Waals surface area (Å²) in [6.07, 6.45) is 3.92. The van der Waals surface area contributed by atoms with Gasteiger partial charge in [0.2, 0.25) is 5.91 Å². The normalized spacial score (nSPS) is 16.7. The van der Waals surface area contributed by atoms with Gasteiger partial charge in [-0.2, -0.15) is 11.8 Å². The summed E-state index contributed by atoms with van der Waals surface area (Å²) in [5.41, 5.74) is 6.20. The number of nitrogens with zero attached hydrogens (tertiary/aromatic N) is 1. The van der Waals surface area contributed by atoms with Gasteiger partial charge in [0.15, 0.2) is 0 Å². The summed E-state index contributed by atoms with van der Waals surface area (Å²) in [5.74, 6) is 0.741. The third-order valence-electron chi connectivity index (χ3n) is 5.33. The first-order valence-electron chi connectivity index (χ1n) is 9.19. The number of aromatic amines is 1. The number of carbonyl (C=O) groups is 1. The Morgan fingerprint density at radius 1 is 1.19 bits per heavy atom. The number of benzene rings is 2. The molecular formula is C22H24N2OS. The first-order chi connectivity index (χ1) is 12.7. The zero-order valence-electron chi connectivity index (χ0n) is 15.3. The zero-order valence-corrected chi connectivity index (χ0v) is 16.1. The lowest BCUT2D eigenvalue weighted by atomic mass is 9.91. The Balaban J connectivity index is 1.84. The van der Waals surface area contributed by atoms with Crippen LogP contribution < -0.4 is 0 Å². The second kappa shape index (κ2) is 7.20. The average Bonchev–Trinajstić information content (AvgIpc) is 3.06. The minimum atomic E-state index is -0.0308. The van der Waals surface area contributed by atoms with E-state index in [-0.39, 0.29) is 11.9 Å². The minimum absolute atomic E-state index is 0.0308. The molecule has 2 heterocycles. The highest BCUT2D eigenvalue weighted by Gasteiger charge is 2.34. The maximum absolute atomic E-state index is 12.8. The van der Waals surface area contributed by atoms with E-state index in [1.54, 1.807) is 11.8 Å². The van der Waals surface area contributed by atoms with Gasteiger partial charge in [0.25, 0.3) is 0 Å². The van der Waals surface area contributed by atoms with Crippen LogP contribution in [0.25, 0.3) is 10.9 Å². The smallest absolute Gasteiger partial charge is 0.233 e. The number of hydrogen-bond donors (Lipinski definition) is 1. The van der Waals surface area contributed by atoms with Gasteiger partial charge < -0.3 is 9.88 Å². The van der Waals surface area contributed by atoms with Crippen molar-refractivity contribution in [2.45, 2.75) is 25.8 Å². The van der Waals surface area contributed by atoms with E-state index in [1.165, 1.54) is 27.8 Å². The fourth-order valence-corrected chi connectivity index (χ4v) is 4.41. The van der Waals surface area contributed by atoms with Crippen LogP contribution >= 0.6 is 11.8 Å². The maximum atomic E-state index is 12.8. The predicted octanol–water partition coefficient (Wildman–Crippen LogP) is 4.57. The lowest BCUT2D eigenvalue weighted by Crippen LogP contribution is -2.41. The maximum Gasteiger partial charge on any atom is 0.233 e. The number of aromatic nitrogens is 1. The lowest BCUT2D eigenvalue weighted by Gasteiger charge is -2.36. The Morgan fingerprint density at radius 3 is 2.69 bits per heavy atom. The topological polar surface area (TPSA) is 36.1 Å². The van der Waals surface area contributed by atoms with Crippen LogP contribution in [-0.4, -0.2) is 34.3 Å². The minimum Gasteiger partial charge on any atom is -0.356 e. The molecule has 0 saturated heterocycles. The van der Waals surface area contributed by atoms with Gasteiger partial charge in [-0.15, -0.1) is 0 Å². The summed E-state index contributed by atoms with van der Waals surface area (Å²) in [6.45, 7) is 2.94. The molecule has 0 aliphatic carbocycles. The highest BCUT2D eigenvalue weighted by Crippen LogP contribution is 2.38. The third kappa shape index (κ3) is 2.92. The van der Waals surface area contributed by atoms with E-state index in [4.69, 9.17) is 0 Å². The van der Waals surface area contributed by atoms with Crippen LogP contribution in [-0.2, 0) is 17.6 Å². The summed E-state index contributed by atoms with van der Waals surface area (Å²) in [7, 11) is 0. The number of carbonyl (C=O) groups excluding carboxylic acids is 1. The van der Waals surface area contributed by atoms with E-state index in [0.29, 0.717) is 5.75 Å². The number of thioether (sulfide) groups is 1. The van der Waals surface area contributed by atoms with Crippen molar-refractivity contribution < 1.29 is 4.79 Å². The standard InChI is InChI=1S/C22H24N2OS/c1-3-15-8-10-16(11-9-15)22-21-18(12-13-24(22)20(25)14-26-2)17-6-4-5-7-19(17)23-21/h4-11,22-23H,3,12-14H2,1-2H3. The molecule has 2 aromatic carbocycles. The second-order valence-corrected chi connectivity index (χ2v) is 7.70. The fraction of sp³-hybridized carbons (Fsp3) is 0.318. The molecule has 0 bridgehead atoms. The average molecular weight is 365 g/mol. The van der Waals surface area contributed by atoms with Gasteiger partial charge >= 0.3 is 0 Å². The van der Waals surface area contributed by atoms with Crippen molar-refractivity contribution in [2.24, 2.45) is 0 Å². The highest BCUT2D eigenvalue weighted by atomic mass is 32.2. The van der Waals surface area contributed by atoms with Gasteiger partial charge in [0, 0.05) is 23.1 Å². The first-order valence-corrected chi connectivity index (χ1v) is 10.6. The molecule has 3 aromatic rings. The molecule has 4 heteroatoms. The molecule has 1 aliphatic heterocycles. The van der Waals surface area contributed by atoms with Crippen molar-refractivity contribution in [3.8, 4) is 0 Å². The molecule has 4 rings (SSSR count). The lowest BCUT2D eigenvalue weighted by molar-refractivity contribution is -0.130. The second-order valence-electron chi connectivity index (χ2n) is 6.83. The Morgan fingerprint density at radius 2 is 1.96 bits per heavy atom. The molecule has 1 atom stereocenters. The number of para-hydroxylation sites is 1. The van der Waals surface area contributed by atoms with Crippen molar-refractivity contribution in [1.82, 2.24) is 9.88 Å². The van der Waals surface area contributed by atoms with Gasteiger partial charge in [-0.1, -0.05) is 49.4 Å². The van der Waals surface area contributed by atoms with Crippen LogP contribution in [0.4, 0.5) is 0 Å². The summed E-state index contributed by atoms with van der Waals surface area (Å²) >= 11 is 1.59. The molecule has 1 amide bonds. The molecule has 0 radical (unpaired) electrons. The van der Waals surface area contributed by atoms with Gasteiger partial charge in [-0.05, 0) is 41.9 Å². The van der Waals surface area contributed by atoms with E-state index < -0.39 is 0 Å². The quantitative estimate of drug-likeness (QED) is 0.736. The van der Waals surface area contributed by atoms with Crippen LogP contribution in [0.3, 0.4) is 0 Å². The fourth-order valence-electron chi connectivity index (χ4n) is 4.00. The SMILES string of the molecule is CCc1ccc(C2c3[nH]c4ccccc4c3CCN2C(=O)CSC)cc1. The summed E-state index contributed by atoms with van der Waals surface area (Å²) in [6, 6.07) is 17.2. The van der Waals surface area contributed by atoms with Crippen molar-refractivity contribution in [3.63, 3.8) is 0 Å².